The minimum atomic E-state index is -1.42. The van der Waals surface area contributed by atoms with E-state index in [1.54, 1.807) is 0 Å². The molecule has 3 heterocycles. The summed E-state index contributed by atoms with van der Waals surface area (Å²) in [6, 6.07) is 72.1. The van der Waals surface area contributed by atoms with E-state index in [9.17, 15) is 0 Å². The molecule has 60 heavy (non-hydrogen) atoms. The van der Waals surface area contributed by atoms with Gasteiger partial charge in [-0.25, -0.2) is 9.97 Å². The Balaban J connectivity index is 1.00. The third-order valence-corrected chi connectivity index (χ3v) is 14.0. The fraction of sp³-hybridized carbons (Fsp3) is 0.0545. The van der Waals surface area contributed by atoms with Crippen molar-refractivity contribution in [3.63, 3.8) is 0 Å². The maximum atomic E-state index is 5.08. The Morgan fingerprint density at radius 1 is 0.333 bits per heavy atom. The van der Waals surface area contributed by atoms with Crippen LogP contribution in [-0.4, -0.2) is 27.2 Å². The Bertz CT molecular complexity index is 3320. The molecule has 0 saturated heterocycles. The van der Waals surface area contributed by atoms with E-state index in [2.05, 4.69) is 217 Å². The summed E-state index contributed by atoms with van der Waals surface area (Å²) in [5.74, 6) is 0.702. The Labute approximate surface area is 350 Å². The first-order chi connectivity index (χ1) is 29.4. The van der Waals surface area contributed by atoms with Crippen LogP contribution in [0.3, 0.4) is 0 Å². The molecule has 0 aliphatic heterocycles. The number of hydrogen-bond acceptors (Lipinski definition) is 2. The standard InChI is InChI=1S/C55H42N4Si/c1-60(2,3)44-30-28-43(29-31-44)59-51-20-12-10-18-45(51)47-32-24-41(35-54(47)59)40-25-33-53-48(34-40)46-19-11-13-21-52(46)58(53)42-26-22-39(23-27-42)55-56-49(37-14-6-4-7-15-37)36-50(57-55)38-16-8-5-9-17-38/h4-36H,1-3H3. The van der Waals surface area contributed by atoms with Gasteiger partial charge in [0.1, 0.15) is 0 Å². The van der Waals surface area contributed by atoms with E-state index in [0.29, 0.717) is 5.82 Å². The van der Waals surface area contributed by atoms with Crippen molar-refractivity contribution in [2.75, 3.05) is 0 Å². The van der Waals surface area contributed by atoms with Gasteiger partial charge in [0, 0.05) is 49.6 Å². The Morgan fingerprint density at radius 3 is 1.38 bits per heavy atom. The van der Waals surface area contributed by atoms with Gasteiger partial charge in [-0.05, 0) is 83.9 Å². The molecule has 0 unspecified atom stereocenters. The highest BCUT2D eigenvalue weighted by molar-refractivity contribution is 6.88. The molecule has 0 amide bonds. The van der Waals surface area contributed by atoms with Crippen LogP contribution < -0.4 is 5.19 Å². The normalized spacial score (nSPS) is 11.9. The third-order valence-electron chi connectivity index (χ3n) is 11.9. The predicted molar refractivity (Wildman–Crippen MR) is 255 cm³/mol. The molecule has 5 heteroatoms. The number of para-hydroxylation sites is 2. The molecule has 4 nitrogen and oxygen atoms in total. The van der Waals surface area contributed by atoms with Crippen LogP contribution in [0.4, 0.5) is 0 Å². The van der Waals surface area contributed by atoms with Gasteiger partial charge < -0.3 is 9.13 Å². The quantitative estimate of drug-likeness (QED) is 0.151. The zero-order valence-corrected chi connectivity index (χ0v) is 34.8. The number of aromatic nitrogens is 4. The van der Waals surface area contributed by atoms with Crippen molar-refractivity contribution < 1.29 is 0 Å². The lowest BCUT2D eigenvalue weighted by Gasteiger charge is -2.17. The van der Waals surface area contributed by atoms with E-state index >= 15 is 0 Å². The summed E-state index contributed by atoms with van der Waals surface area (Å²) in [6.07, 6.45) is 0. The second kappa shape index (κ2) is 14.2. The zero-order valence-electron chi connectivity index (χ0n) is 33.8. The summed E-state index contributed by atoms with van der Waals surface area (Å²) in [5.41, 5.74) is 14.3. The number of benzene rings is 8. The van der Waals surface area contributed by atoms with Crippen molar-refractivity contribution in [1.29, 1.82) is 0 Å². The van der Waals surface area contributed by atoms with E-state index in [1.807, 2.05) is 12.1 Å². The molecule has 11 aromatic rings. The van der Waals surface area contributed by atoms with Gasteiger partial charge in [-0.2, -0.15) is 0 Å². The molecule has 0 spiro atoms. The highest BCUT2D eigenvalue weighted by Crippen LogP contribution is 2.38. The van der Waals surface area contributed by atoms with E-state index in [0.717, 1.165) is 33.8 Å². The van der Waals surface area contributed by atoms with Gasteiger partial charge in [-0.3, -0.25) is 0 Å². The third kappa shape index (κ3) is 6.14. The lowest BCUT2D eigenvalue weighted by molar-refractivity contribution is 1.16. The first kappa shape index (κ1) is 35.8. The van der Waals surface area contributed by atoms with Crippen molar-refractivity contribution >= 4 is 56.9 Å². The molecule has 0 fully saturated rings. The fourth-order valence-electron chi connectivity index (χ4n) is 8.82. The van der Waals surface area contributed by atoms with E-state index in [-0.39, 0.29) is 0 Å². The average molecular weight is 787 g/mol. The summed E-state index contributed by atoms with van der Waals surface area (Å²) < 4.78 is 4.81. The molecule has 0 N–H and O–H groups in total. The first-order valence-electron chi connectivity index (χ1n) is 20.7. The zero-order chi connectivity index (χ0) is 40.4. The molecule has 0 aliphatic carbocycles. The van der Waals surface area contributed by atoms with Gasteiger partial charge in [0.05, 0.1) is 41.5 Å². The minimum Gasteiger partial charge on any atom is -0.309 e. The van der Waals surface area contributed by atoms with Crippen molar-refractivity contribution in [2.24, 2.45) is 0 Å². The number of hydrogen-bond donors (Lipinski definition) is 0. The maximum absolute atomic E-state index is 5.08. The number of nitrogens with zero attached hydrogens (tertiary/aromatic N) is 4. The molecular formula is C55H42N4Si. The molecule has 0 aliphatic rings. The molecule has 8 aromatic carbocycles. The molecule has 286 valence electrons. The number of fused-ring (bicyclic) bond motifs is 6. The van der Waals surface area contributed by atoms with Crippen LogP contribution in [0.2, 0.25) is 19.6 Å². The summed E-state index contributed by atoms with van der Waals surface area (Å²) in [7, 11) is -1.42. The van der Waals surface area contributed by atoms with Crippen LogP contribution in [0.1, 0.15) is 0 Å². The van der Waals surface area contributed by atoms with Gasteiger partial charge in [-0.15, -0.1) is 0 Å². The lowest BCUT2D eigenvalue weighted by atomic mass is 10.0. The molecule has 11 rings (SSSR count). The molecule has 0 bridgehead atoms. The average Bonchev–Trinajstić information content (AvgIpc) is 3.81. The van der Waals surface area contributed by atoms with Crippen molar-refractivity contribution in [1.82, 2.24) is 19.1 Å². The predicted octanol–water partition coefficient (Wildman–Crippen LogP) is 13.9. The van der Waals surface area contributed by atoms with Gasteiger partial charge in [0.15, 0.2) is 5.82 Å². The van der Waals surface area contributed by atoms with Gasteiger partial charge in [0.2, 0.25) is 0 Å². The topological polar surface area (TPSA) is 35.6 Å². The number of rotatable bonds is 7. The maximum Gasteiger partial charge on any atom is 0.160 e. The van der Waals surface area contributed by atoms with Gasteiger partial charge in [-0.1, -0.05) is 152 Å². The Hall–Kier alpha value is -7.34. The van der Waals surface area contributed by atoms with Crippen LogP contribution >= 0.6 is 0 Å². The highest BCUT2D eigenvalue weighted by atomic mass is 28.3. The van der Waals surface area contributed by atoms with Crippen LogP contribution in [0, 0.1) is 0 Å². The Kier molecular flexibility index (Phi) is 8.46. The van der Waals surface area contributed by atoms with Crippen LogP contribution in [0.5, 0.6) is 0 Å². The monoisotopic (exact) mass is 786 g/mol. The summed E-state index contributed by atoms with van der Waals surface area (Å²) in [5, 5.41) is 6.45. The summed E-state index contributed by atoms with van der Waals surface area (Å²) in [6.45, 7) is 7.22. The second-order valence-electron chi connectivity index (χ2n) is 16.7. The van der Waals surface area contributed by atoms with Crippen molar-refractivity contribution in [3.8, 4) is 56.4 Å². The first-order valence-corrected chi connectivity index (χ1v) is 24.2. The van der Waals surface area contributed by atoms with E-state index in [1.165, 1.54) is 65.6 Å². The smallest absolute Gasteiger partial charge is 0.160 e. The minimum absolute atomic E-state index is 0.702. The molecule has 0 saturated carbocycles. The van der Waals surface area contributed by atoms with E-state index < -0.39 is 8.07 Å². The van der Waals surface area contributed by atoms with Crippen molar-refractivity contribution in [2.45, 2.75) is 19.6 Å². The SMILES string of the molecule is C[Si](C)(C)c1ccc(-n2c3ccccc3c3ccc(-c4ccc5c(c4)c4ccccc4n5-c4ccc(-c5nc(-c6ccccc6)cc(-c6ccccc6)n5)cc4)cc32)cc1. The fourth-order valence-corrected chi connectivity index (χ4v) is 9.99. The summed E-state index contributed by atoms with van der Waals surface area (Å²) >= 11 is 0. The largest absolute Gasteiger partial charge is 0.309 e. The lowest BCUT2D eigenvalue weighted by Crippen LogP contribution is -2.37. The second-order valence-corrected chi connectivity index (χ2v) is 21.8. The van der Waals surface area contributed by atoms with Gasteiger partial charge in [0.25, 0.3) is 0 Å². The van der Waals surface area contributed by atoms with E-state index in [4.69, 9.17) is 9.97 Å². The Morgan fingerprint density at radius 2 is 0.783 bits per heavy atom. The van der Waals surface area contributed by atoms with Gasteiger partial charge >= 0.3 is 0 Å². The summed E-state index contributed by atoms with van der Waals surface area (Å²) in [4.78, 5) is 10.2. The molecule has 0 atom stereocenters. The van der Waals surface area contributed by atoms with Crippen molar-refractivity contribution in [3.05, 3.63) is 200 Å². The van der Waals surface area contributed by atoms with Crippen LogP contribution in [0.15, 0.2) is 200 Å². The van der Waals surface area contributed by atoms with Crippen LogP contribution in [-0.2, 0) is 0 Å². The molecular weight excluding hydrogens is 745 g/mol. The highest BCUT2D eigenvalue weighted by Gasteiger charge is 2.19. The molecule has 3 aromatic heterocycles. The van der Waals surface area contributed by atoms with Crippen LogP contribution in [0.25, 0.3) is 100 Å². The molecule has 0 radical (unpaired) electrons.